The molecule has 2 unspecified atom stereocenters. The van der Waals surface area contributed by atoms with Crippen LogP contribution in [-0.2, 0) is 15.6 Å². The zero-order valence-electron chi connectivity index (χ0n) is 16.4. The van der Waals surface area contributed by atoms with Gasteiger partial charge >= 0.3 is 0 Å². The third-order valence-corrected chi connectivity index (χ3v) is 6.73. The number of likely N-dealkylation sites (tertiary alicyclic amines) is 1. The minimum Gasteiger partial charge on any atom is -0.355 e. The Kier molecular flexibility index (Phi) is 9.70. The molecule has 28 heavy (non-hydrogen) atoms. The van der Waals surface area contributed by atoms with Crippen LogP contribution in [0.4, 0.5) is 0 Å². The molecular weight excluding hydrogens is 487 g/mol. The highest BCUT2D eigenvalue weighted by Gasteiger charge is 2.32. The average Bonchev–Trinajstić information content (AvgIpc) is 3.39. The van der Waals surface area contributed by atoms with Crippen LogP contribution < -0.4 is 10.6 Å². The first-order chi connectivity index (χ1) is 13.2. The average molecular weight is 518 g/mol. The third-order valence-electron chi connectivity index (χ3n) is 5.35. The first-order valence-electron chi connectivity index (χ1n) is 9.87. The number of nitrogens with one attached hydrogen (secondary N) is 2. The zero-order chi connectivity index (χ0) is 19.1. The molecule has 2 atom stereocenters. The summed E-state index contributed by atoms with van der Waals surface area (Å²) >= 11 is 0. The van der Waals surface area contributed by atoms with E-state index in [1.807, 2.05) is 35.2 Å². The normalized spacial score (nSPS) is 21.2. The Balaban J connectivity index is 0.00000280. The summed E-state index contributed by atoms with van der Waals surface area (Å²) in [5.74, 6) is 1.81. The molecule has 1 saturated heterocycles. The summed E-state index contributed by atoms with van der Waals surface area (Å²) in [6.45, 7) is 2.15. The van der Waals surface area contributed by atoms with Gasteiger partial charge in [-0.3, -0.25) is 14.0 Å². The summed E-state index contributed by atoms with van der Waals surface area (Å²) in [5, 5.41) is 6.64. The summed E-state index contributed by atoms with van der Waals surface area (Å²) in [6, 6.07) is 9.73. The molecule has 0 bridgehead atoms. The zero-order valence-corrected chi connectivity index (χ0v) is 19.6. The standard InChI is InChI=1S/C20H30N4O2S.HI/c1-21-20(22-12-14-27(26)18-9-3-2-4-10-18)23-17-11-13-24(15-17)19(25)16-7-5-6-8-16;/h2-4,9-10,16-17H,5-8,11-15H2,1H3,(H2,21,22,23);1H. The van der Waals surface area contributed by atoms with Crippen LogP contribution in [0.5, 0.6) is 0 Å². The Morgan fingerprint density at radius 1 is 1.21 bits per heavy atom. The second kappa shape index (κ2) is 11.7. The van der Waals surface area contributed by atoms with Crippen LogP contribution >= 0.6 is 24.0 Å². The molecule has 2 N–H and O–H groups in total. The van der Waals surface area contributed by atoms with Gasteiger partial charge in [0.2, 0.25) is 5.91 Å². The van der Waals surface area contributed by atoms with Crippen LogP contribution in [0.3, 0.4) is 0 Å². The maximum atomic E-state index is 12.5. The lowest BCUT2D eigenvalue weighted by molar-refractivity contribution is -0.134. The second-order valence-electron chi connectivity index (χ2n) is 7.26. The molecule has 6 nitrogen and oxygen atoms in total. The number of carbonyl (C=O) groups excluding carboxylic acids is 1. The Morgan fingerprint density at radius 3 is 2.61 bits per heavy atom. The maximum Gasteiger partial charge on any atom is 0.225 e. The lowest BCUT2D eigenvalue weighted by atomic mass is 10.1. The number of nitrogens with zero attached hydrogens (tertiary/aromatic N) is 2. The van der Waals surface area contributed by atoms with Gasteiger partial charge in [0.25, 0.3) is 0 Å². The van der Waals surface area contributed by atoms with E-state index in [-0.39, 0.29) is 35.9 Å². The number of guanidine groups is 1. The summed E-state index contributed by atoms with van der Waals surface area (Å²) in [7, 11) is 0.719. The summed E-state index contributed by atoms with van der Waals surface area (Å²) in [4.78, 5) is 19.7. The summed E-state index contributed by atoms with van der Waals surface area (Å²) in [5.41, 5.74) is 0. The molecule has 3 rings (SSSR count). The molecule has 1 heterocycles. The Bertz CT molecular complexity index is 680. The van der Waals surface area contributed by atoms with Gasteiger partial charge in [-0.1, -0.05) is 31.0 Å². The van der Waals surface area contributed by atoms with Crippen molar-refractivity contribution in [1.82, 2.24) is 15.5 Å². The number of carbonyl (C=O) groups is 1. The smallest absolute Gasteiger partial charge is 0.225 e. The summed E-state index contributed by atoms with van der Waals surface area (Å²) in [6.07, 6.45) is 5.42. The molecule has 0 radical (unpaired) electrons. The minimum atomic E-state index is -1.02. The highest BCUT2D eigenvalue weighted by molar-refractivity contribution is 14.0. The quantitative estimate of drug-likeness (QED) is 0.345. The minimum absolute atomic E-state index is 0. The molecule has 0 spiro atoms. The molecule has 1 aliphatic carbocycles. The molecule has 1 aromatic carbocycles. The van der Waals surface area contributed by atoms with Crippen molar-refractivity contribution in [3.05, 3.63) is 30.3 Å². The molecule has 8 heteroatoms. The van der Waals surface area contributed by atoms with E-state index < -0.39 is 10.8 Å². The van der Waals surface area contributed by atoms with Crippen molar-refractivity contribution in [1.29, 1.82) is 0 Å². The van der Waals surface area contributed by atoms with E-state index in [1.54, 1.807) is 7.05 Å². The first-order valence-corrected chi connectivity index (χ1v) is 11.2. The number of benzene rings is 1. The fourth-order valence-electron chi connectivity index (χ4n) is 3.85. The van der Waals surface area contributed by atoms with E-state index in [0.717, 1.165) is 37.2 Å². The van der Waals surface area contributed by atoms with Crippen molar-refractivity contribution in [3.63, 3.8) is 0 Å². The van der Waals surface area contributed by atoms with E-state index in [4.69, 9.17) is 0 Å². The molecular formula is C20H31IN4O2S. The van der Waals surface area contributed by atoms with Crippen molar-refractivity contribution in [2.75, 3.05) is 32.4 Å². The van der Waals surface area contributed by atoms with E-state index in [1.165, 1.54) is 12.8 Å². The van der Waals surface area contributed by atoms with E-state index in [0.29, 0.717) is 24.2 Å². The highest BCUT2D eigenvalue weighted by atomic mass is 127. The number of hydrogen-bond donors (Lipinski definition) is 2. The monoisotopic (exact) mass is 518 g/mol. The molecule has 1 saturated carbocycles. The van der Waals surface area contributed by atoms with Crippen molar-refractivity contribution in [2.45, 2.75) is 43.0 Å². The lowest BCUT2D eigenvalue weighted by Gasteiger charge is -2.21. The fourth-order valence-corrected chi connectivity index (χ4v) is 4.83. The van der Waals surface area contributed by atoms with Crippen molar-refractivity contribution < 1.29 is 9.00 Å². The number of rotatable bonds is 6. The molecule has 1 aromatic rings. The van der Waals surface area contributed by atoms with Crippen LogP contribution in [0.25, 0.3) is 0 Å². The molecule has 1 amide bonds. The van der Waals surface area contributed by atoms with Gasteiger partial charge in [0.05, 0.1) is 10.8 Å². The van der Waals surface area contributed by atoms with E-state index in [9.17, 15) is 9.00 Å². The number of aliphatic imine (C=N–C) groups is 1. The van der Waals surface area contributed by atoms with Gasteiger partial charge in [-0.25, -0.2) is 0 Å². The van der Waals surface area contributed by atoms with Crippen molar-refractivity contribution in [3.8, 4) is 0 Å². The predicted molar refractivity (Wildman–Crippen MR) is 125 cm³/mol. The summed E-state index contributed by atoms with van der Waals surface area (Å²) < 4.78 is 12.3. The van der Waals surface area contributed by atoms with Crippen LogP contribution in [-0.4, -0.2) is 59.5 Å². The number of amides is 1. The number of hydrogen-bond acceptors (Lipinski definition) is 3. The van der Waals surface area contributed by atoms with Gasteiger partial charge in [0, 0.05) is 49.3 Å². The second-order valence-corrected chi connectivity index (χ2v) is 8.83. The third kappa shape index (κ3) is 6.43. The van der Waals surface area contributed by atoms with Gasteiger partial charge in [0.15, 0.2) is 5.96 Å². The molecule has 2 fully saturated rings. The van der Waals surface area contributed by atoms with Crippen molar-refractivity contribution in [2.24, 2.45) is 10.9 Å². The molecule has 156 valence electrons. The van der Waals surface area contributed by atoms with E-state index >= 15 is 0 Å². The maximum absolute atomic E-state index is 12.5. The molecule has 2 aliphatic rings. The fraction of sp³-hybridized carbons (Fsp3) is 0.600. The van der Waals surface area contributed by atoms with Gasteiger partial charge < -0.3 is 15.5 Å². The van der Waals surface area contributed by atoms with Gasteiger partial charge in [-0.05, 0) is 31.4 Å². The van der Waals surface area contributed by atoms with Crippen LogP contribution in [0.2, 0.25) is 0 Å². The number of halogens is 1. The Morgan fingerprint density at radius 2 is 1.93 bits per heavy atom. The Hall–Kier alpha value is -1.16. The topological polar surface area (TPSA) is 73.8 Å². The van der Waals surface area contributed by atoms with Crippen LogP contribution in [0.15, 0.2) is 40.2 Å². The van der Waals surface area contributed by atoms with Gasteiger partial charge in [0.1, 0.15) is 0 Å². The van der Waals surface area contributed by atoms with Gasteiger partial charge in [-0.2, -0.15) is 0 Å². The molecule has 1 aliphatic heterocycles. The highest BCUT2D eigenvalue weighted by Crippen LogP contribution is 2.27. The van der Waals surface area contributed by atoms with Crippen LogP contribution in [0.1, 0.15) is 32.1 Å². The first kappa shape index (κ1) is 23.1. The van der Waals surface area contributed by atoms with Crippen LogP contribution in [0, 0.1) is 5.92 Å². The Labute approximate surface area is 187 Å². The van der Waals surface area contributed by atoms with E-state index in [2.05, 4.69) is 15.6 Å². The van der Waals surface area contributed by atoms with Gasteiger partial charge in [-0.15, -0.1) is 24.0 Å². The molecule has 0 aromatic heterocycles. The largest absolute Gasteiger partial charge is 0.355 e. The van der Waals surface area contributed by atoms with Crippen molar-refractivity contribution >= 4 is 46.6 Å². The predicted octanol–water partition coefficient (Wildman–Crippen LogP) is 2.37. The SMILES string of the molecule is CN=C(NCCS(=O)c1ccccc1)NC1CCN(C(=O)C2CCCC2)C1.I. The lowest BCUT2D eigenvalue weighted by Crippen LogP contribution is -2.46.